The topological polar surface area (TPSA) is 71.8 Å². The van der Waals surface area contributed by atoms with E-state index >= 15 is 0 Å². The van der Waals surface area contributed by atoms with Gasteiger partial charge in [0.05, 0.1) is 12.1 Å². The molecule has 1 amide bonds. The molecule has 0 aliphatic heterocycles. The van der Waals surface area contributed by atoms with E-state index in [-0.39, 0.29) is 12.3 Å². The number of nitrogens with two attached hydrogens (primary N) is 1. The number of amides is 1. The second-order valence-electron chi connectivity index (χ2n) is 6.51. The van der Waals surface area contributed by atoms with Crippen LogP contribution in [0.4, 0.5) is 0 Å². The Labute approximate surface area is 144 Å². The van der Waals surface area contributed by atoms with Gasteiger partial charge in [0.25, 0.3) is 0 Å². The zero-order chi connectivity index (χ0) is 17.4. The Morgan fingerprint density at radius 3 is 2.42 bits per heavy atom. The van der Waals surface area contributed by atoms with Crippen molar-refractivity contribution in [3.63, 3.8) is 0 Å². The quantitative estimate of drug-likeness (QED) is 0.638. The predicted molar refractivity (Wildman–Crippen MR) is 98.7 cm³/mol. The number of H-pyrrole nitrogens is 1. The van der Waals surface area contributed by atoms with Gasteiger partial charge in [-0.25, -0.2) is 4.98 Å². The molecule has 0 saturated heterocycles. The van der Waals surface area contributed by atoms with Crippen molar-refractivity contribution in [1.82, 2.24) is 9.97 Å². The Kier molecular flexibility index (Phi) is 7.04. The fourth-order valence-corrected chi connectivity index (χ4v) is 2.91. The van der Waals surface area contributed by atoms with Gasteiger partial charge in [0.15, 0.2) is 0 Å². The Balaban J connectivity index is 1.88. The second kappa shape index (κ2) is 9.26. The molecule has 3 N–H and O–H groups in total. The van der Waals surface area contributed by atoms with Crippen LogP contribution in [0.25, 0.3) is 11.4 Å². The predicted octanol–water partition coefficient (Wildman–Crippen LogP) is 4.32. The molecule has 2 rings (SSSR count). The maximum Gasteiger partial charge on any atom is 0.223 e. The molecule has 0 radical (unpaired) electrons. The van der Waals surface area contributed by atoms with Crippen LogP contribution in [0.5, 0.6) is 0 Å². The number of nitrogens with one attached hydrogen (secondary N) is 1. The van der Waals surface area contributed by atoms with Gasteiger partial charge in [0.2, 0.25) is 5.91 Å². The minimum absolute atomic E-state index is 0.179. The molecular formula is C20H29N3O. The fraction of sp³-hybridized carbons (Fsp3) is 0.500. The van der Waals surface area contributed by atoms with Crippen LogP contribution in [-0.4, -0.2) is 15.9 Å². The molecule has 1 heterocycles. The zero-order valence-corrected chi connectivity index (χ0v) is 14.9. The molecule has 0 saturated carbocycles. The molecule has 1 aromatic carbocycles. The number of hydrogen-bond acceptors (Lipinski definition) is 2. The van der Waals surface area contributed by atoms with Crippen molar-refractivity contribution in [3.8, 4) is 11.4 Å². The minimum atomic E-state index is -0.356. The van der Waals surface area contributed by atoms with Gasteiger partial charge in [-0.05, 0) is 25.3 Å². The molecule has 0 spiro atoms. The molecule has 0 aliphatic rings. The monoisotopic (exact) mass is 327 g/mol. The maximum atomic E-state index is 11.1. The Bertz CT molecular complexity index is 643. The van der Waals surface area contributed by atoms with Crippen LogP contribution < -0.4 is 5.73 Å². The average Bonchev–Trinajstić information content (AvgIpc) is 2.91. The van der Waals surface area contributed by atoms with Crippen LogP contribution in [0.2, 0.25) is 0 Å². The first kappa shape index (κ1) is 18.2. The summed E-state index contributed by atoms with van der Waals surface area (Å²) in [5, 5.41) is 0. The molecule has 2 aromatic rings. The van der Waals surface area contributed by atoms with Gasteiger partial charge in [-0.3, -0.25) is 4.79 Å². The van der Waals surface area contributed by atoms with Gasteiger partial charge < -0.3 is 10.7 Å². The van der Waals surface area contributed by atoms with Gasteiger partial charge in [-0.15, -0.1) is 0 Å². The van der Waals surface area contributed by atoms with E-state index in [0.29, 0.717) is 0 Å². The van der Waals surface area contributed by atoms with Gasteiger partial charge in [0, 0.05) is 11.3 Å². The van der Waals surface area contributed by atoms with E-state index < -0.39 is 0 Å². The molecule has 4 nitrogen and oxygen atoms in total. The number of rotatable bonds is 10. The lowest BCUT2D eigenvalue weighted by molar-refractivity contribution is -0.117. The number of nitrogens with zero attached hydrogens (tertiary/aromatic N) is 1. The first-order chi connectivity index (χ1) is 11.6. The molecule has 0 fully saturated rings. The van der Waals surface area contributed by atoms with E-state index in [1.54, 1.807) is 0 Å². The van der Waals surface area contributed by atoms with Crippen molar-refractivity contribution in [1.29, 1.82) is 0 Å². The minimum Gasteiger partial charge on any atom is -0.369 e. The number of aryl methyl sites for hydroxylation is 2. The van der Waals surface area contributed by atoms with Crippen molar-refractivity contribution in [2.45, 2.75) is 65.2 Å². The largest absolute Gasteiger partial charge is 0.369 e. The molecule has 0 bridgehead atoms. The highest BCUT2D eigenvalue weighted by Gasteiger charge is 2.10. The second-order valence-corrected chi connectivity index (χ2v) is 6.51. The molecule has 130 valence electrons. The molecule has 0 atom stereocenters. The van der Waals surface area contributed by atoms with E-state index in [1.165, 1.54) is 44.1 Å². The number of primary amides is 1. The van der Waals surface area contributed by atoms with E-state index in [2.05, 4.69) is 41.2 Å². The molecule has 1 aromatic heterocycles. The van der Waals surface area contributed by atoms with E-state index in [9.17, 15) is 4.79 Å². The lowest BCUT2D eigenvalue weighted by Crippen LogP contribution is -2.14. The number of aromatic amines is 1. The number of hydrogen-bond donors (Lipinski definition) is 2. The maximum absolute atomic E-state index is 11.1. The van der Waals surface area contributed by atoms with Crippen LogP contribution >= 0.6 is 0 Å². The number of imidazole rings is 1. The molecular weight excluding hydrogens is 298 g/mol. The Hall–Kier alpha value is -2.10. The third kappa shape index (κ3) is 5.52. The number of benzene rings is 1. The summed E-state index contributed by atoms with van der Waals surface area (Å²) >= 11 is 0. The summed E-state index contributed by atoms with van der Waals surface area (Å²) in [6.45, 7) is 4.17. The van der Waals surface area contributed by atoms with E-state index in [0.717, 1.165) is 29.2 Å². The number of unbranched alkanes of at least 4 members (excludes halogenated alkanes) is 5. The van der Waals surface area contributed by atoms with Crippen LogP contribution in [-0.2, 0) is 17.6 Å². The molecule has 24 heavy (non-hydrogen) atoms. The highest BCUT2D eigenvalue weighted by molar-refractivity contribution is 5.76. The lowest BCUT2D eigenvalue weighted by atomic mass is 10.0. The molecule has 0 aliphatic carbocycles. The summed E-state index contributed by atoms with van der Waals surface area (Å²) in [4.78, 5) is 18.8. The first-order valence-electron chi connectivity index (χ1n) is 9.03. The number of carbonyl (C=O) groups excluding carboxylic acids is 1. The number of carbonyl (C=O) groups is 1. The smallest absolute Gasteiger partial charge is 0.223 e. The normalized spacial score (nSPS) is 10.9. The molecule has 4 heteroatoms. The Morgan fingerprint density at radius 1 is 1.08 bits per heavy atom. The summed E-state index contributed by atoms with van der Waals surface area (Å²) < 4.78 is 0. The van der Waals surface area contributed by atoms with E-state index in [1.807, 2.05) is 6.92 Å². The van der Waals surface area contributed by atoms with Crippen molar-refractivity contribution < 1.29 is 4.79 Å². The molecule has 0 unspecified atom stereocenters. The van der Waals surface area contributed by atoms with Gasteiger partial charge in [-0.1, -0.05) is 63.3 Å². The van der Waals surface area contributed by atoms with Crippen molar-refractivity contribution in [3.05, 3.63) is 41.2 Å². The average molecular weight is 327 g/mol. The first-order valence-corrected chi connectivity index (χ1v) is 9.03. The summed E-state index contributed by atoms with van der Waals surface area (Å²) in [5.74, 6) is 0.445. The van der Waals surface area contributed by atoms with Gasteiger partial charge >= 0.3 is 0 Å². The summed E-state index contributed by atoms with van der Waals surface area (Å²) in [5.41, 5.74) is 9.30. The van der Waals surface area contributed by atoms with Crippen LogP contribution in [0.1, 0.15) is 62.4 Å². The van der Waals surface area contributed by atoms with Gasteiger partial charge in [0.1, 0.15) is 5.82 Å². The standard InChI is InChI=1S/C20H29N3O/c1-3-4-5-6-7-8-9-16-10-12-17(13-11-16)20-22-15(2)18(23-20)14-19(21)24/h10-13H,3-9,14H2,1-2H3,(H2,21,24)(H,22,23). The summed E-state index contributed by atoms with van der Waals surface area (Å²) in [6.07, 6.45) is 9.25. The van der Waals surface area contributed by atoms with Crippen LogP contribution in [0.15, 0.2) is 24.3 Å². The summed E-state index contributed by atoms with van der Waals surface area (Å²) in [7, 11) is 0. The third-order valence-corrected chi connectivity index (χ3v) is 4.37. The summed E-state index contributed by atoms with van der Waals surface area (Å²) in [6, 6.07) is 8.54. The van der Waals surface area contributed by atoms with Crippen LogP contribution in [0.3, 0.4) is 0 Å². The SMILES string of the molecule is CCCCCCCCc1ccc(-c2nc(CC(N)=O)c(C)[nH]2)cc1. The highest BCUT2D eigenvalue weighted by Crippen LogP contribution is 2.20. The highest BCUT2D eigenvalue weighted by atomic mass is 16.1. The van der Waals surface area contributed by atoms with E-state index in [4.69, 9.17) is 5.73 Å². The van der Waals surface area contributed by atoms with Crippen molar-refractivity contribution >= 4 is 5.91 Å². The van der Waals surface area contributed by atoms with Crippen LogP contribution in [0, 0.1) is 6.92 Å². The third-order valence-electron chi connectivity index (χ3n) is 4.37. The number of aromatic nitrogens is 2. The lowest BCUT2D eigenvalue weighted by Gasteiger charge is -2.03. The zero-order valence-electron chi connectivity index (χ0n) is 14.9. The van der Waals surface area contributed by atoms with Gasteiger partial charge in [-0.2, -0.15) is 0 Å². The Morgan fingerprint density at radius 2 is 1.75 bits per heavy atom. The fourth-order valence-electron chi connectivity index (χ4n) is 2.91. The van der Waals surface area contributed by atoms with Crippen molar-refractivity contribution in [2.75, 3.05) is 0 Å². The van der Waals surface area contributed by atoms with Crippen molar-refractivity contribution in [2.24, 2.45) is 5.73 Å².